The minimum atomic E-state index is 0.0529. The first-order chi connectivity index (χ1) is 8.15. The standard InChI is InChI=1S/C14H21NO2/c1-4-9-15-14(16)8-10-17-13-7-5-6-11(2)12(13)3/h5-7H,4,8-10H2,1-3H3,(H,15,16). The van der Waals surface area contributed by atoms with E-state index in [1.54, 1.807) is 0 Å². The number of hydrogen-bond acceptors (Lipinski definition) is 2. The molecule has 1 amide bonds. The minimum absolute atomic E-state index is 0.0529. The molecule has 0 atom stereocenters. The number of aryl methyl sites for hydroxylation is 1. The van der Waals surface area contributed by atoms with Gasteiger partial charge in [-0.25, -0.2) is 0 Å². The van der Waals surface area contributed by atoms with Gasteiger partial charge in [-0.05, 0) is 37.5 Å². The zero-order chi connectivity index (χ0) is 12.7. The highest BCUT2D eigenvalue weighted by molar-refractivity contribution is 5.75. The van der Waals surface area contributed by atoms with Crippen LogP contribution in [0.15, 0.2) is 18.2 Å². The third-order valence-corrected chi connectivity index (χ3v) is 2.71. The molecule has 0 spiro atoms. The molecule has 1 aromatic rings. The van der Waals surface area contributed by atoms with Crippen molar-refractivity contribution in [3.05, 3.63) is 29.3 Å². The highest BCUT2D eigenvalue weighted by atomic mass is 16.5. The second kappa shape index (κ2) is 6.94. The van der Waals surface area contributed by atoms with Crippen LogP contribution in [0.2, 0.25) is 0 Å². The van der Waals surface area contributed by atoms with E-state index < -0.39 is 0 Å². The summed E-state index contributed by atoms with van der Waals surface area (Å²) in [4.78, 5) is 11.4. The fraction of sp³-hybridized carbons (Fsp3) is 0.500. The van der Waals surface area contributed by atoms with Crippen LogP contribution < -0.4 is 10.1 Å². The van der Waals surface area contributed by atoms with Gasteiger partial charge in [-0.1, -0.05) is 19.1 Å². The molecule has 94 valence electrons. The lowest BCUT2D eigenvalue weighted by atomic mass is 10.1. The SMILES string of the molecule is CCCNC(=O)CCOc1cccc(C)c1C. The molecular formula is C14H21NO2. The molecule has 0 aliphatic carbocycles. The minimum Gasteiger partial charge on any atom is -0.493 e. The van der Waals surface area contributed by atoms with Crippen LogP contribution in [0.5, 0.6) is 5.75 Å². The van der Waals surface area contributed by atoms with Crippen LogP contribution in [-0.4, -0.2) is 19.1 Å². The Morgan fingerprint density at radius 2 is 2.12 bits per heavy atom. The summed E-state index contributed by atoms with van der Waals surface area (Å²) in [7, 11) is 0. The number of rotatable bonds is 6. The van der Waals surface area contributed by atoms with Gasteiger partial charge in [-0.15, -0.1) is 0 Å². The number of ether oxygens (including phenoxy) is 1. The van der Waals surface area contributed by atoms with Gasteiger partial charge in [0.05, 0.1) is 13.0 Å². The van der Waals surface area contributed by atoms with Crippen molar-refractivity contribution in [2.75, 3.05) is 13.2 Å². The highest BCUT2D eigenvalue weighted by Crippen LogP contribution is 2.20. The second-order valence-corrected chi connectivity index (χ2v) is 4.15. The van der Waals surface area contributed by atoms with Gasteiger partial charge in [0.25, 0.3) is 0 Å². The molecule has 1 aromatic carbocycles. The van der Waals surface area contributed by atoms with Crippen molar-refractivity contribution < 1.29 is 9.53 Å². The number of benzene rings is 1. The molecule has 3 heteroatoms. The molecule has 1 rings (SSSR count). The maximum atomic E-state index is 11.4. The Morgan fingerprint density at radius 1 is 1.35 bits per heavy atom. The molecule has 3 nitrogen and oxygen atoms in total. The van der Waals surface area contributed by atoms with E-state index in [4.69, 9.17) is 4.74 Å². The Morgan fingerprint density at radius 3 is 2.82 bits per heavy atom. The maximum Gasteiger partial charge on any atom is 0.223 e. The zero-order valence-corrected chi connectivity index (χ0v) is 10.9. The average Bonchev–Trinajstić information content (AvgIpc) is 2.32. The van der Waals surface area contributed by atoms with Crippen molar-refractivity contribution in [1.29, 1.82) is 0 Å². The number of carbonyl (C=O) groups excluding carboxylic acids is 1. The van der Waals surface area contributed by atoms with Crippen molar-refractivity contribution in [2.24, 2.45) is 0 Å². The molecule has 0 radical (unpaired) electrons. The summed E-state index contributed by atoms with van der Waals surface area (Å²) in [6, 6.07) is 5.96. The van der Waals surface area contributed by atoms with Gasteiger partial charge in [-0.2, -0.15) is 0 Å². The molecule has 0 fully saturated rings. The van der Waals surface area contributed by atoms with E-state index in [0.717, 1.165) is 24.3 Å². The Kier molecular flexibility index (Phi) is 5.53. The fourth-order valence-corrected chi connectivity index (χ4v) is 1.49. The van der Waals surface area contributed by atoms with Gasteiger partial charge >= 0.3 is 0 Å². The zero-order valence-electron chi connectivity index (χ0n) is 10.9. The summed E-state index contributed by atoms with van der Waals surface area (Å²) < 4.78 is 5.61. The molecule has 0 unspecified atom stereocenters. The summed E-state index contributed by atoms with van der Waals surface area (Å²) in [5.41, 5.74) is 2.35. The third kappa shape index (κ3) is 4.47. The monoisotopic (exact) mass is 235 g/mol. The first-order valence-corrected chi connectivity index (χ1v) is 6.11. The Balaban J connectivity index is 2.36. The summed E-state index contributed by atoms with van der Waals surface area (Å²) in [5, 5.41) is 2.83. The Bertz CT molecular complexity index is 374. The molecule has 0 aliphatic heterocycles. The average molecular weight is 235 g/mol. The van der Waals surface area contributed by atoms with Crippen LogP contribution >= 0.6 is 0 Å². The van der Waals surface area contributed by atoms with Gasteiger partial charge < -0.3 is 10.1 Å². The van der Waals surface area contributed by atoms with E-state index in [-0.39, 0.29) is 5.91 Å². The van der Waals surface area contributed by atoms with Crippen molar-refractivity contribution in [2.45, 2.75) is 33.6 Å². The number of hydrogen-bond donors (Lipinski definition) is 1. The first kappa shape index (κ1) is 13.6. The molecule has 0 saturated heterocycles. The third-order valence-electron chi connectivity index (χ3n) is 2.71. The topological polar surface area (TPSA) is 38.3 Å². The second-order valence-electron chi connectivity index (χ2n) is 4.15. The normalized spacial score (nSPS) is 10.1. The van der Waals surface area contributed by atoms with Gasteiger partial charge in [0.2, 0.25) is 5.91 Å². The summed E-state index contributed by atoms with van der Waals surface area (Å²) in [6.45, 7) is 7.28. The van der Waals surface area contributed by atoms with Crippen molar-refractivity contribution in [3.63, 3.8) is 0 Å². The van der Waals surface area contributed by atoms with Crippen LogP contribution in [0.1, 0.15) is 30.9 Å². The molecule has 0 saturated carbocycles. The van der Waals surface area contributed by atoms with E-state index in [1.807, 2.05) is 26.0 Å². The fourth-order valence-electron chi connectivity index (χ4n) is 1.49. The van der Waals surface area contributed by atoms with E-state index in [9.17, 15) is 4.79 Å². The molecule has 1 N–H and O–H groups in total. The highest BCUT2D eigenvalue weighted by Gasteiger charge is 2.03. The van der Waals surface area contributed by atoms with Crippen LogP contribution in [0.4, 0.5) is 0 Å². The maximum absolute atomic E-state index is 11.4. The van der Waals surface area contributed by atoms with E-state index in [0.29, 0.717) is 13.0 Å². The first-order valence-electron chi connectivity index (χ1n) is 6.11. The predicted octanol–water partition coefficient (Wildman–Crippen LogP) is 2.60. The van der Waals surface area contributed by atoms with Crippen LogP contribution in [-0.2, 0) is 4.79 Å². The van der Waals surface area contributed by atoms with Crippen LogP contribution in [0.25, 0.3) is 0 Å². The van der Waals surface area contributed by atoms with Crippen LogP contribution in [0.3, 0.4) is 0 Å². The van der Waals surface area contributed by atoms with Crippen molar-refractivity contribution in [3.8, 4) is 5.75 Å². The Labute approximate surface area is 103 Å². The summed E-state index contributed by atoms with van der Waals surface area (Å²) in [6.07, 6.45) is 1.37. The number of nitrogens with one attached hydrogen (secondary N) is 1. The molecule has 0 bridgehead atoms. The quantitative estimate of drug-likeness (QED) is 0.823. The van der Waals surface area contributed by atoms with Crippen molar-refractivity contribution >= 4 is 5.91 Å². The molecule has 0 aliphatic rings. The largest absolute Gasteiger partial charge is 0.493 e. The molecule has 0 heterocycles. The van der Waals surface area contributed by atoms with Gasteiger partial charge in [0, 0.05) is 6.54 Å². The predicted molar refractivity (Wildman–Crippen MR) is 69.3 cm³/mol. The van der Waals surface area contributed by atoms with Crippen molar-refractivity contribution in [1.82, 2.24) is 5.32 Å². The molecular weight excluding hydrogens is 214 g/mol. The smallest absolute Gasteiger partial charge is 0.223 e. The Hall–Kier alpha value is -1.51. The lowest BCUT2D eigenvalue weighted by molar-refractivity contribution is -0.121. The van der Waals surface area contributed by atoms with E-state index in [1.165, 1.54) is 5.56 Å². The lowest BCUT2D eigenvalue weighted by Gasteiger charge is -2.10. The summed E-state index contributed by atoms with van der Waals surface area (Å²) in [5.74, 6) is 0.922. The number of amides is 1. The van der Waals surface area contributed by atoms with Gasteiger partial charge in [0.15, 0.2) is 0 Å². The van der Waals surface area contributed by atoms with Gasteiger partial charge in [-0.3, -0.25) is 4.79 Å². The lowest BCUT2D eigenvalue weighted by Crippen LogP contribution is -2.25. The number of carbonyl (C=O) groups is 1. The molecule has 17 heavy (non-hydrogen) atoms. The van der Waals surface area contributed by atoms with E-state index in [2.05, 4.69) is 18.3 Å². The molecule has 0 aromatic heterocycles. The van der Waals surface area contributed by atoms with Gasteiger partial charge in [0.1, 0.15) is 5.75 Å². The van der Waals surface area contributed by atoms with Crippen LogP contribution in [0, 0.1) is 13.8 Å². The summed E-state index contributed by atoms with van der Waals surface area (Å²) >= 11 is 0. The van der Waals surface area contributed by atoms with E-state index >= 15 is 0 Å².